The van der Waals surface area contributed by atoms with Gasteiger partial charge in [0.1, 0.15) is 19.0 Å². The number of fused-ring (bicyclic) bond motifs is 1. The van der Waals surface area contributed by atoms with Crippen LogP contribution in [0.15, 0.2) is 22.5 Å². The van der Waals surface area contributed by atoms with Gasteiger partial charge >= 0.3 is 5.97 Å². The van der Waals surface area contributed by atoms with Gasteiger partial charge in [-0.25, -0.2) is 18.5 Å². The number of nitrogens with two attached hydrogens (primary N) is 2. The van der Waals surface area contributed by atoms with Crippen LogP contribution in [0.3, 0.4) is 0 Å². The summed E-state index contributed by atoms with van der Waals surface area (Å²) < 4.78 is 33.5. The average molecular weight is 359 g/mol. The zero-order valence-corrected chi connectivity index (χ0v) is 13.9. The third-order valence-electron chi connectivity index (χ3n) is 2.78. The largest absolute Gasteiger partial charge is 0.490 e. The van der Waals surface area contributed by atoms with Crippen LogP contribution in [0.4, 0.5) is 0 Å². The summed E-state index contributed by atoms with van der Waals surface area (Å²) in [4.78, 5) is 15.2. The van der Waals surface area contributed by atoms with Crippen LogP contribution in [0, 0.1) is 0 Å². The Balaban J connectivity index is 1.90. The Morgan fingerprint density at radius 3 is 2.78 bits per heavy atom. The first kappa shape index (κ1) is 17.6. The summed E-state index contributed by atoms with van der Waals surface area (Å²) in [5.41, 5.74) is 5.83. The number of hydrogen-bond acceptors (Lipinski definition) is 8. The van der Waals surface area contributed by atoms with E-state index < -0.39 is 10.0 Å². The van der Waals surface area contributed by atoms with Gasteiger partial charge < -0.3 is 15.2 Å². The number of carbonyl (C=O) groups is 1. The van der Waals surface area contributed by atoms with Gasteiger partial charge in [0, 0.05) is 6.42 Å². The minimum Gasteiger partial charge on any atom is -0.490 e. The summed E-state index contributed by atoms with van der Waals surface area (Å²) in [6.45, 7) is 0.772. The number of benzene rings is 1. The molecule has 0 saturated carbocycles. The zero-order chi connectivity index (χ0) is 16.9. The van der Waals surface area contributed by atoms with Gasteiger partial charge in [0.15, 0.2) is 0 Å². The molecule has 2 rings (SSSR count). The van der Waals surface area contributed by atoms with Gasteiger partial charge in [-0.05, 0) is 31.2 Å². The van der Waals surface area contributed by atoms with Crippen LogP contribution < -0.4 is 15.6 Å². The van der Waals surface area contributed by atoms with E-state index in [0.717, 1.165) is 11.3 Å². The van der Waals surface area contributed by atoms with Crippen LogP contribution in [0.25, 0.3) is 10.2 Å². The highest BCUT2D eigenvalue weighted by atomic mass is 32.2. The van der Waals surface area contributed by atoms with Crippen LogP contribution in [0.5, 0.6) is 5.75 Å². The van der Waals surface area contributed by atoms with Crippen molar-refractivity contribution in [2.75, 3.05) is 19.8 Å². The number of nitrogens with zero attached hydrogens (tertiary/aromatic N) is 1. The van der Waals surface area contributed by atoms with Crippen LogP contribution in [0.1, 0.15) is 12.8 Å². The predicted molar refractivity (Wildman–Crippen MR) is 85.7 cm³/mol. The van der Waals surface area contributed by atoms with Crippen LogP contribution in [0.2, 0.25) is 0 Å². The van der Waals surface area contributed by atoms with E-state index in [1.807, 2.05) is 0 Å². The summed E-state index contributed by atoms with van der Waals surface area (Å²) in [6, 6.07) is 4.96. The number of primary sulfonamides is 1. The van der Waals surface area contributed by atoms with E-state index in [4.69, 9.17) is 20.3 Å². The lowest BCUT2D eigenvalue weighted by Gasteiger charge is -2.07. The number of esters is 1. The smallest absolute Gasteiger partial charge is 0.305 e. The first-order valence-electron chi connectivity index (χ1n) is 6.82. The maximum absolute atomic E-state index is 11.3. The Bertz CT molecular complexity index is 788. The van der Waals surface area contributed by atoms with Crippen molar-refractivity contribution in [3.05, 3.63) is 18.2 Å². The number of sulfonamides is 1. The van der Waals surface area contributed by atoms with Gasteiger partial charge in [-0.1, -0.05) is 0 Å². The molecule has 8 nitrogen and oxygen atoms in total. The highest BCUT2D eigenvalue weighted by Gasteiger charge is 2.14. The molecule has 0 fully saturated rings. The Kier molecular flexibility index (Phi) is 5.88. The van der Waals surface area contributed by atoms with Crippen molar-refractivity contribution >= 4 is 37.5 Å². The SMILES string of the molecule is NCCCC(=O)OCCOc1ccc2nc(S(N)(=O)=O)sc2c1. The van der Waals surface area contributed by atoms with Crippen molar-refractivity contribution in [3.8, 4) is 5.75 Å². The van der Waals surface area contributed by atoms with Gasteiger partial charge in [0.05, 0.1) is 10.2 Å². The number of carbonyl (C=O) groups excluding carboxylic acids is 1. The fourth-order valence-electron chi connectivity index (χ4n) is 1.73. The lowest BCUT2D eigenvalue weighted by molar-refractivity contribution is -0.144. The van der Waals surface area contributed by atoms with Gasteiger partial charge in [0.25, 0.3) is 10.0 Å². The van der Waals surface area contributed by atoms with E-state index in [9.17, 15) is 13.2 Å². The minimum absolute atomic E-state index is 0.132. The number of aromatic nitrogens is 1. The van der Waals surface area contributed by atoms with Gasteiger partial charge in [-0.2, -0.15) is 0 Å². The molecule has 10 heteroatoms. The van der Waals surface area contributed by atoms with E-state index in [0.29, 0.717) is 35.4 Å². The molecule has 4 N–H and O–H groups in total. The molecule has 0 unspecified atom stereocenters. The van der Waals surface area contributed by atoms with Gasteiger partial charge in [-0.15, -0.1) is 11.3 Å². The van der Waals surface area contributed by atoms with E-state index in [1.54, 1.807) is 18.2 Å². The predicted octanol–water partition coefficient (Wildman–Crippen LogP) is 0.605. The average Bonchev–Trinajstić information content (AvgIpc) is 2.93. The molecule has 0 aliphatic carbocycles. The number of thiazole rings is 1. The molecule has 0 aliphatic heterocycles. The molecular weight excluding hydrogens is 342 g/mol. The van der Waals surface area contributed by atoms with Crippen molar-refractivity contribution in [1.82, 2.24) is 4.98 Å². The lowest BCUT2D eigenvalue weighted by Crippen LogP contribution is -2.13. The lowest BCUT2D eigenvalue weighted by atomic mass is 10.3. The van der Waals surface area contributed by atoms with Crippen molar-refractivity contribution in [1.29, 1.82) is 0 Å². The molecule has 1 aromatic heterocycles. The Morgan fingerprint density at radius 2 is 2.09 bits per heavy atom. The van der Waals surface area contributed by atoms with Gasteiger partial charge in [0.2, 0.25) is 4.34 Å². The minimum atomic E-state index is -3.82. The second kappa shape index (κ2) is 7.68. The molecule has 2 aromatic rings. The molecule has 0 amide bonds. The molecule has 0 aliphatic rings. The number of rotatable bonds is 8. The summed E-state index contributed by atoms with van der Waals surface area (Å²) in [5.74, 6) is 0.217. The molecule has 0 saturated heterocycles. The second-order valence-electron chi connectivity index (χ2n) is 4.62. The van der Waals surface area contributed by atoms with Crippen LogP contribution >= 0.6 is 11.3 Å². The second-order valence-corrected chi connectivity index (χ2v) is 7.38. The van der Waals surface area contributed by atoms with Crippen LogP contribution in [-0.4, -0.2) is 39.1 Å². The number of hydrogen-bond donors (Lipinski definition) is 2. The highest BCUT2D eigenvalue weighted by molar-refractivity contribution is 7.91. The van der Waals surface area contributed by atoms with Crippen molar-refractivity contribution in [2.24, 2.45) is 10.9 Å². The maximum atomic E-state index is 11.3. The quantitative estimate of drug-likeness (QED) is 0.520. The molecule has 126 valence electrons. The molecule has 0 atom stereocenters. The summed E-state index contributed by atoms with van der Waals surface area (Å²) >= 11 is 0.970. The Morgan fingerprint density at radius 1 is 1.30 bits per heavy atom. The summed E-state index contributed by atoms with van der Waals surface area (Å²) in [5, 5.41) is 5.05. The first-order chi connectivity index (χ1) is 10.9. The Labute approximate surface area is 137 Å². The summed E-state index contributed by atoms with van der Waals surface area (Å²) in [7, 11) is -3.82. The number of ether oxygens (including phenoxy) is 2. The van der Waals surface area contributed by atoms with E-state index in [1.165, 1.54) is 0 Å². The first-order valence-corrected chi connectivity index (χ1v) is 9.18. The maximum Gasteiger partial charge on any atom is 0.305 e. The van der Waals surface area contributed by atoms with Gasteiger partial charge in [-0.3, -0.25) is 4.79 Å². The molecule has 0 radical (unpaired) electrons. The molecule has 0 bridgehead atoms. The third kappa shape index (κ3) is 5.13. The molecule has 0 spiro atoms. The third-order valence-corrected chi connectivity index (χ3v) is 5.12. The van der Waals surface area contributed by atoms with Crippen molar-refractivity contribution in [3.63, 3.8) is 0 Å². The topological polar surface area (TPSA) is 135 Å². The summed E-state index contributed by atoms with van der Waals surface area (Å²) in [6.07, 6.45) is 0.883. The highest BCUT2D eigenvalue weighted by Crippen LogP contribution is 2.28. The van der Waals surface area contributed by atoms with E-state index in [2.05, 4.69) is 4.98 Å². The molecule has 23 heavy (non-hydrogen) atoms. The standard InChI is InChI=1S/C13H17N3O5S2/c14-5-1-2-12(17)21-7-6-20-9-3-4-10-11(8-9)22-13(16-10)23(15,18)19/h3-4,8H,1-2,5-7,14H2,(H2,15,18,19). The normalized spacial score (nSPS) is 11.6. The Hall–Kier alpha value is -1.75. The zero-order valence-electron chi connectivity index (χ0n) is 12.2. The molecule has 1 aromatic carbocycles. The monoisotopic (exact) mass is 359 g/mol. The molecule has 1 heterocycles. The van der Waals surface area contributed by atoms with Crippen molar-refractivity contribution in [2.45, 2.75) is 17.2 Å². The van der Waals surface area contributed by atoms with E-state index in [-0.39, 0.29) is 23.5 Å². The molecular formula is C13H17N3O5S2. The van der Waals surface area contributed by atoms with Crippen molar-refractivity contribution < 1.29 is 22.7 Å². The fraction of sp³-hybridized carbons (Fsp3) is 0.385. The van der Waals surface area contributed by atoms with E-state index >= 15 is 0 Å². The fourth-order valence-corrected chi connectivity index (χ4v) is 3.41. The van der Waals surface area contributed by atoms with Crippen LogP contribution in [-0.2, 0) is 19.6 Å².